The van der Waals surface area contributed by atoms with Gasteiger partial charge in [0.2, 0.25) is 15.9 Å². The van der Waals surface area contributed by atoms with Gasteiger partial charge in [-0.05, 0) is 23.8 Å². The number of allylic oxidation sites excluding steroid dienone is 1. The summed E-state index contributed by atoms with van der Waals surface area (Å²) in [5.41, 5.74) is -1.28. The molecule has 172 valence electrons. The summed E-state index contributed by atoms with van der Waals surface area (Å²) in [6.07, 6.45) is -4.32. The SMILES string of the molecule is COc1ccc(NC(=O)/C=C(/c2ccccc2)C(F)(F)F)cc1S(=O)(=O)N1CCOCC1. The number of nitrogens with zero attached hydrogens (tertiary/aromatic N) is 1. The predicted molar refractivity (Wildman–Crippen MR) is 112 cm³/mol. The molecule has 1 heterocycles. The Labute approximate surface area is 183 Å². The number of carbonyl (C=O) groups is 1. The second-order valence-corrected chi connectivity index (χ2v) is 8.70. The smallest absolute Gasteiger partial charge is 0.417 e. The fourth-order valence-corrected chi connectivity index (χ4v) is 4.73. The van der Waals surface area contributed by atoms with Crippen molar-refractivity contribution >= 4 is 27.2 Å². The Morgan fingerprint density at radius 2 is 1.78 bits per heavy atom. The molecule has 0 saturated carbocycles. The van der Waals surface area contributed by atoms with Crippen LogP contribution in [0.1, 0.15) is 5.56 Å². The summed E-state index contributed by atoms with van der Waals surface area (Å²) >= 11 is 0. The number of alkyl halides is 3. The van der Waals surface area contributed by atoms with Crippen LogP contribution in [0.3, 0.4) is 0 Å². The predicted octanol–water partition coefficient (Wildman–Crippen LogP) is 3.30. The van der Waals surface area contributed by atoms with Gasteiger partial charge in [-0.1, -0.05) is 30.3 Å². The van der Waals surface area contributed by atoms with E-state index in [0.29, 0.717) is 6.08 Å². The highest BCUT2D eigenvalue weighted by Crippen LogP contribution is 2.34. The molecule has 1 saturated heterocycles. The highest BCUT2D eigenvalue weighted by molar-refractivity contribution is 7.89. The van der Waals surface area contributed by atoms with E-state index in [1.807, 2.05) is 0 Å². The molecule has 0 radical (unpaired) electrons. The van der Waals surface area contributed by atoms with Crippen LogP contribution in [0.5, 0.6) is 5.75 Å². The molecular weight excluding hydrogens is 449 g/mol. The number of carbonyl (C=O) groups excluding carboxylic acids is 1. The van der Waals surface area contributed by atoms with E-state index < -0.39 is 27.7 Å². The number of anilines is 1. The summed E-state index contributed by atoms with van der Waals surface area (Å²) in [6.45, 7) is 0.776. The number of nitrogens with one attached hydrogen (secondary N) is 1. The van der Waals surface area contributed by atoms with Crippen molar-refractivity contribution in [1.29, 1.82) is 0 Å². The molecule has 1 aliphatic heterocycles. The lowest BCUT2D eigenvalue weighted by atomic mass is 10.1. The summed E-state index contributed by atoms with van der Waals surface area (Å²) in [6, 6.07) is 10.7. The third kappa shape index (κ3) is 5.47. The Bertz CT molecular complexity index is 1100. The quantitative estimate of drug-likeness (QED) is 0.655. The van der Waals surface area contributed by atoms with Crippen LogP contribution >= 0.6 is 0 Å². The van der Waals surface area contributed by atoms with Gasteiger partial charge in [0.1, 0.15) is 10.6 Å². The van der Waals surface area contributed by atoms with Gasteiger partial charge in [-0.2, -0.15) is 17.5 Å². The fraction of sp³-hybridized carbons (Fsp3) is 0.286. The molecule has 1 N–H and O–H groups in total. The summed E-state index contributed by atoms with van der Waals surface area (Å²) in [7, 11) is -2.67. The number of morpholine rings is 1. The van der Waals surface area contributed by atoms with Gasteiger partial charge in [-0.3, -0.25) is 4.79 Å². The van der Waals surface area contributed by atoms with Crippen LogP contribution in [-0.4, -0.2) is 58.2 Å². The van der Waals surface area contributed by atoms with Gasteiger partial charge in [0.05, 0.1) is 25.9 Å². The molecule has 7 nitrogen and oxygen atoms in total. The zero-order valence-corrected chi connectivity index (χ0v) is 17.9. The molecule has 11 heteroatoms. The molecule has 3 rings (SSSR count). The molecule has 2 aromatic rings. The van der Waals surface area contributed by atoms with Gasteiger partial charge in [-0.25, -0.2) is 8.42 Å². The van der Waals surface area contributed by atoms with E-state index in [1.54, 1.807) is 6.07 Å². The summed E-state index contributed by atoms with van der Waals surface area (Å²) in [5, 5.41) is 2.30. The molecule has 0 aliphatic carbocycles. The van der Waals surface area contributed by atoms with Crippen LogP contribution in [0, 0.1) is 0 Å². The Kier molecular flexibility index (Phi) is 7.22. The number of sulfonamides is 1. The first kappa shape index (κ1) is 23.8. The van der Waals surface area contributed by atoms with Crippen LogP contribution in [0.4, 0.5) is 18.9 Å². The minimum absolute atomic E-state index is 0.00784. The van der Waals surface area contributed by atoms with Crippen LogP contribution in [0.15, 0.2) is 59.5 Å². The van der Waals surface area contributed by atoms with Crippen molar-refractivity contribution in [1.82, 2.24) is 4.31 Å². The van der Waals surface area contributed by atoms with E-state index in [0.717, 1.165) is 6.07 Å². The monoisotopic (exact) mass is 470 g/mol. The number of amides is 1. The first-order valence-electron chi connectivity index (χ1n) is 9.54. The van der Waals surface area contributed by atoms with Gasteiger partial charge in [0.15, 0.2) is 0 Å². The average Bonchev–Trinajstić information content (AvgIpc) is 2.78. The number of ether oxygens (including phenoxy) is 2. The van der Waals surface area contributed by atoms with Crippen molar-refractivity contribution in [2.24, 2.45) is 0 Å². The number of halogens is 3. The molecule has 1 fully saturated rings. The Hall–Kier alpha value is -2.89. The van der Waals surface area contributed by atoms with Crippen molar-refractivity contribution < 1.29 is 35.9 Å². The molecule has 2 aromatic carbocycles. The summed E-state index contributed by atoms with van der Waals surface area (Å²) in [4.78, 5) is 12.2. The normalized spacial score (nSPS) is 15.9. The van der Waals surface area contributed by atoms with Crippen molar-refractivity contribution in [3.8, 4) is 5.75 Å². The Balaban J connectivity index is 1.91. The fourth-order valence-electron chi connectivity index (χ4n) is 3.14. The van der Waals surface area contributed by atoms with E-state index in [-0.39, 0.29) is 48.2 Å². The zero-order valence-electron chi connectivity index (χ0n) is 17.1. The number of hydrogen-bond donors (Lipinski definition) is 1. The molecule has 32 heavy (non-hydrogen) atoms. The summed E-state index contributed by atoms with van der Waals surface area (Å²) < 4.78 is 78.0. The molecule has 0 aromatic heterocycles. The largest absolute Gasteiger partial charge is 0.495 e. The molecule has 0 spiro atoms. The number of benzene rings is 2. The summed E-state index contributed by atoms with van der Waals surface area (Å²) in [5.74, 6) is -1.01. The highest BCUT2D eigenvalue weighted by atomic mass is 32.2. The second kappa shape index (κ2) is 9.72. The lowest BCUT2D eigenvalue weighted by Gasteiger charge is -2.26. The van der Waals surface area contributed by atoms with E-state index in [1.165, 1.54) is 47.8 Å². The lowest BCUT2D eigenvalue weighted by molar-refractivity contribution is -0.112. The molecule has 1 aliphatic rings. The third-order valence-corrected chi connectivity index (χ3v) is 6.60. The zero-order chi connectivity index (χ0) is 23.4. The molecule has 0 atom stereocenters. The number of hydrogen-bond acceptors (Lipinski definition) is 5. The first-order valence-corrected chi connectivity index (χ1v) is 11.0. The first-order chi connectivity index (χ1) is 15.1. The van der Waals surface area contributed by atoms with E-state index in [4.69, 9.17) is 9.47 Å². The van der Waals surface area contributed by atoms with Gasteiger partial charge < -0.3 is 14.8 Å². The number of methoxy groups -OCH3 is 1. The van der Waals surface area contributed by atoms with Gasteiger partial charge >= 0.3 is 6.18 Å². The van der Waals surface area contributed by atoms with Crippen molar-refractivity contribution in [3.63, 3.8) is 0 Å². The van der Waals surface area contributed by atoms with Gasteiger partial charge in [-0.15, -0.1) is 0 Å². The standard InChI is InChI=1S/C21H21F3N2O5S/c1-30-18-8-7-16(13-19(18)32(28,29)26-9-11-31-12-10-26)25-20(27)14-17(21(22,23)24)15-5-3-2-4-6-15/h2-8,13-14H,9-12H2,1H3,(H,25,27)/b17-14-. The molecular formula is C21H21F3N2O5S. The minimum Gasteiger partial charge on any atom is -0.495 e. The topological polar surface area (TPSA) is 84.9 Å². The van der Waals surface area contributed by atoms with Crippen molar-refractivity contribution in [2.45, 2.75) is 11.1 Å². The second-order valence-electron chi connectivity index (χ2n) is 6.79. The van der Waals surface area contributed by atoms with E-state index in [2.05, 4.69) is 5.32 Å². The Morgan fingerprint density at radius 3 is 2.38 bits per heavy atom. The van der Waals surface area contributed by atoms with E-state index >= 15 is 0 Å². The molecule has 1 amide bonds. The van der Waals surface area contributed by atoms with Crippen LogP contribution in [0.25, 0.3) is 5.57 Å². The highest BCUT2D eigenvalue weighted by Gasteiger charge is 2.35. The molecule has 0 unspecified atom stereocenters. The Morgan fingerprint density at radius 1 is 1.12 bits per heavy atom. The third-order valence-electron chi connectivity index (χ3n) is 4.68. The van der Waals surface area contributed by atoms with Crippen molar-refractivity contribution in [2.75, 3.05) is 38.7 Å². The van der Waals surface area contributed by atoms with Gasteiger partial charge in [0, 0.05) is 24.9 Å². The van der Waals surface area contributed by atoms with Gasteiger partial charge in [0.25, 0.3) is 0 Å². The van der Waals surface area contributed by atoms with Crippen LogP contribution in [-0.2, 0) is 19.6 Å². The average molecular weight is 470 g/mol. The van der Waals surface area contributed by atoms with Crippen LogP contribution < -0.4 is 10.1 Å². The maximum Gasteiger partial charge on any atom is 0.417 e. The van der Waals surface area contributed by atoms with Crippen molar-refractivity contribution in [3.05, 3.63) is 60.2 Å². The number of rotatable bonds is 6. The minimum atomic E-state index is -4.76. The van der Waals surface area contributed by atoms with Crippen LogP contribution in [0.2, 0.25) is 0 Å². The lowest BCUT2D eigenvalue weighted by Crippen LogP contribution is -2.40. The molecule has 0 bridgehead atoms. The maximum absolute atomic E-state index is 13.5. The maximum atomic E-state index is 13.5. The van der Waals surface area contributed by atoms with E-state index in [9.17, 15) is 26.4 Å².